The van der Waals surface area contributed by atoms with Gasteiger partial charge >= 0.3 is 6.03 Å². The van der Waals surface area contributed by atoms with E-state index in [4.69, 9.17) is 5.73 Å². The molecule has 0 aromatic heterocycles. The summed E-state index contributed by atoms with van der Waals surface area (Å²) in [6.45, 7) is 0. The number of halogens is 2. The number of nitrogens with two attached hydrogens (primary N) is 1. The molecule has 14 heavy (non-hydrogen) atoms. The summed E-state index contributed by atoms with van der Waals surface area (Å²) in [5.41, 5.74) is 6.48. The number of hydrogen-bond acceptors (Lipinski definition) is 2. The zero-order valence-electron chi connectivity index (χ0n) is 7.00. The van der Waals surface area contributed by atoms with Gasteiger partial charge in [0.1, 0.15) is 0 Å². The van der Waals surface area contributed by atoms with E-state index in [-0.39, 0.29) is 5.56 Å². The minimum atomic E-state index is -1.03. The Bertz CT molecular complexity index is 379. The van der Waals surface area contributed by atoms with Crippen LogP contribution < -0.4 is 11.2 Å². The average molecular weight is 199 g/mol. The van der Waals surface area contributed by atoms with E-state index in [0.29, 0.717) is 0 Å². The van der Waals surface area contributed by atoms with Gasteiger partial charge < -0.3 is 5.73 Å². The molecule has 0 aliphatic carbocycles. The number of carbonyl (C=O) groups is 1. The van der Waals surface area contributed by atoms with E-state index in [9.17, 15) is 13.6 Å². The van der Waals surface area contributed by atoms with Crippen LogP contribution in [0.3, 0.4) is 0 Å². The van der Waals surface area contributed by atoms with Crippen molar-refractivity contribution in [1.82, 2.24) is 5.43 Å². The first-order chi connectivity index (χ1) is 6.61. The number of amides is 2. The average Bonchev–Trinajstić information content (AvgIpc) is 2.12. The van der Waals surface area contributed by atoms with Crippen molar-refractivity contribution < 1.29 is 13.6 Å². The maximum absolute atomic E-state index is 12.9. The van der Waals surface area contributed by atoms with E-state index in [0.717, 1.165) is 12.3 Å². The van der Waals surface area contributed by atoms with Crippen LogP contribution in [0.5, 0.6) is 0 Å². The fourth-order valence-electron chi connectivity index (χ4n) is 0.786. The number of nitrogens with zero attached hydrogens (tertiary/aromatic N) is 1. The minimum absolute atomic E-state index is 0.0706. The van der Waals surface area contributed by atoms with Gasteiger partial charge in [-0.1, -0.05) is 12.1 Å². The molecule has 4 nitrogen and oxygen atoms in total. The van der Waals surface area contributed by atoms with Gasteiger partial charge in [-0.2, -0.15) is 5.10 Å². The van der Waals surface area contributed by atoms with Crippen LogP contribution in [-0.4, -0.2) is 12.2 Å². The number of benzene rings is 1. The maximum Gasteiger partial charge on any atom is 0.332 e. The quantitative estimate of drug-likeness (QED) is 0.540. The van der Waals surface area contributed by atoms with Gasteiger partial charge in [0.25, 0.3) is 0 Å². The molecule has 6 heteroatoms. The summed E-state index contributed by atoms with van der Waals surface area (Å²) in [5.74, 6) is -2.00. The fraction of sp³-hybridized carbons (Fsp3) is 0. The number of primary amides is 1. The topological polar surface area (TPSA) is 67.5 Å². The van der Waals surface area contributed by atoms with Crippen molar-refractivity contribution >= 4 is 12.2 Å². The molecule has 1 rings (SSSR count). The number of carbonyl (C=O) groups excluding carboxylic acids is 1. The Labute approximate surface area is 78.4 Å². The van der Waals surface area contributed by atoms with E-state index in [1.54, 1.807) is 0 Å². The first-order valence-corrected chi connectivity index (χ1v) is 3.64. The zero-order chi connectivity index (χ0) is 10.6. The second-order valence-electron chi connectivity index (χ2n) is 2.38. The molecule has 0 fully saturated rings. The third kappa shape index (κ3) is 2.51. The van der Waals surface area contributed by atoms with Gasteiger partial charge in [0.2, 0.25) is 0 Å². The van der Waals surface area contributed by atoms with E-state index in [2.05, 4.69) is 5.10 Å². The zero-order valence-corrected chi connectivity index (χ0v) is 7.00. The Balaban J connectivity index is 2.81. The lowest BCUT2D eigenvalue weighted by molar-refractivity contribution is 0.249. The van der Waals surface area contributed by atoms with Gasteiger partial charge in [0.15, 0.2) is 11.6 Å². The van der Waals surface area contributed by atoms with E-state index >= 15 is 0 Å². The Morgan fingerprint density at radius 2 is 2.21 bits per heavy atom. The lowest BCUT2D eigenvalue weighted by atomic mass is 10.2. The van der Waals surface area contributed by atoms with Gasteiger partial charge in [-0.3, -0.25) is 0 Å². The molecule has 0 aliphatic heterocycles. The van der Waals surface area contributed by atoms with Gasteiger partial charge in [-0.05, 0) is 6.07 Å². The smallest absolute Gasteiger partial charge is 0.332 e. The third-order valence-corrected chi connectivity index (χ3v) is 1.36. The summed E-state index contributed by atoms with van der Waals surface area (Å²) in [6.07, 6.45) is 0.961. The highest BCUT2D eigenvalue weighted by Gasteiger charge is 2.04. The molecule has 0 unspecified atom stereocenters. The predicted octanol–water partition coefficient (Wildman–Crippen LogP) is 0.967. The first-order valence-electron chi connectivity index (χ1n) is 3.64. The van der Waals surface area contributed by atoms with Gasteiger partial charge in [0.05, 0.1) is 6.21 Å². The molecule has 0 heterocycles. The number of hydrogen-bond donors (Lipinski definition) is 2. The van der Waals surface area contributed by atoms with E-state index < -0.39 is 17.7 Å². The van der Waals surface area contributed by atoms with Gasteiger partial charge in [-0.25, -0.2) is 19.0 Å². The highest BCUT2D eigenvalue weighted by molar-refractivity contribution is 5.81. The van der Waals surface area contributed by atoms with E-state index in [1.807, 2.05) is 5.43 Å². The Kier molecular flexibility index (Phi) is 3.11. The van der Waals surface area contributed by atoms with Crippen LogP contribution in [0.2, 0.25) is 0 Å². The molecular weight excluding hydrogens is 192 g/mol. The molecule has 3 N–H and O–H groups in total. The SMILES string of the molecule is NC(=O)NN=Cc1cccc(F)c1F. The van der Waals surface area contributed by atoms with Crippen molar-refractivity contribution in [2.45, 2.75) is 0 Å². The summed E-state index contributed by atoms with van der Waals surface area (Å²) in [7, 11) is 0. The highest BCUT2D eigenvalue weighted by Crippen LogP contribution is 2.08. The summed E-state index contributed by atoms with van der Waals surface area (Å²) < 4.78 is 25.5. The minimum Gasteiger partial charge on any atom is -0.350 e. The van der Waals surface area contributed by atoms with Crippen LogP contribution in [0, 0.1) is 11.6 Å². The molecule has 2 amide bonds. The number of rotatable bonds is 2. The molecule has 0 atom stereocenters. The molecule has 1 aromatic carbocycles. The number of urea groups is 1. The molecule has 1 aromatic rings. The largest absolute Gasteiger partial charge is 0.350 e. The summed E-state index contributed by atoms with van der Waals surface area (Å²) in [4.78, 5) is 10.2. The van der Waals surface area contributed by atoms with Gasteiger partial charge in [-0.15, -0.1) is 0 Å². The summed E-state index contributed by atoms with van der Waals surface area (Å²) >= 11 is 0. The maximum atomic E-state index is 12.9. The molecule has 0 saturated carbocycles. The van der Waals surface area contributed by atoms with Crippen molar-refractivity contribution in [2.75, 3.05) is 0 Å². The van der Waals surface area contributed by atoms with Crippen LogP contribution in [0.15, 0.2) is 23.3 Å². The fourth-order valence-corrected chi connectivity index (χ4v) is 0.786. The molecule has 0 spiro atoms. The van der Waals surface area contributed by atoms with Crippen LogP contribution in [0.25, 0.3) is 0 Å². The standard InChI is InChI=1S/C8H7F2N3O/c9-6-3-1-2-5(7(6)10)4-12-13-8(11)14/h1-4H,(H3,11,13,14). The molecule has 0 aliphatic rings. The Morgan fingerprint density at radius 3 is 2.86 bits per heavy atom. The summed E-state index contributed by atoms with van der Waals surface area (Å²) in [5, 5.41) is 3.29. The Morgan fingerprint density at radius 1 is 1.50 bits per heavy atom. The lowest BCUT2D eigenvalue weighted by Gasteiger charge is -1.96. The molecule has 0 bridgehead atoms. The second-order valence-corrected chi connectivity index (χ2v) is 2.38. The van der Waals surface area contributed by atoms with E-state index in [1.165, 1.54) is 12.1 Å². The van der Waals surface area contributed by atoms with Gasteiger partial charge in [0, 0.05) is 5.56 Å². The number of nitrogens with one attached hydrogen (secondary N) is 1. The molecular formula is C8H7F2N3O. The Hall–Kier alpha value is -1.98. The predicted molar refractivity (Wildman–Crippen MR) is 46.7 cm³/mol. The first kappa shape index (κ1) is 10.1. The monoisotopic (exact) mass is 199 g/mol. The van der Waals surface area contributed by atoms with Crippen molar-refractivity contribution in [3.63, 3.8) is 0 Å². The molecule has 0 radical (unpaired) electrons. The van der Waals surface area contributed by atoms with Crippen molar-refractivity contribution in [3.05, 3.63) is 35.4 Å². The normalized spacial score (nSPS) is 10.4. The van der Waals surface area contributed by atoms with Crippen LogP contribution >= 0.6 is 0 Å². The van der Waals surface area contributed by atoms with Crippen molar-refractivity contribution in [3.8, 4) is 0 Å². The van der Waals surface area contributed by atoms with Crippen molar-refractivity contribution in [2.24, 2.45) is 10.8 Å². The third-order valence-electron chi connectivity index (χ3n) is 1.36. The van der Waals surface area contributed by atoms with Crippen LogP contribution in [0.1, 0.15) is 5.56 Å². The molecule has 0 saturated heterocycles. The molecule has 74 valence electrons. The lowest BCUT2D eigenvalue weighted by Crippen LogP contribution is -2.24. The van der Waals surface area contributed by atoms with Crippen LogP contribution in [-0.2, 0) is 0 Å². The summed E-state index contributed by atoms with van der Waals surface area (Å²) in [6, 6.07) is 2.74. The number of hydrazone groups is 1. The van der Waals surface area contributed by atoms with Crippen molar-refractivity contribution in [1.29, 1.82) is 0 Å². The second kappa shape index (κ2) is 4.31. The highest BCUT2D eigenvalue weighted by atomic mass is 19.2. The van der Waals surface area contributed by atoms with Crippen LogP contribution in [0.4, 0.5) is 13.6 Å².